The third kappa shape index (κ3) is 6.15. The fourth-order valence-electron chi connectivity index (χ4n) is 1.93. The second kappa shape index (κ2) is 9.12. The van der Waals surface area contributed by atoms with Crippen molar-refractivity contribution >= 4 is 27.8 Å². The van der Waals surface area contributed by atoms with Gasteiger partial charge in [-0.15, -0.1) is 0 Å². The van der Waals surface area contributed by atoms with E-state index >= 15 is 0 Å². The van der Waals surface area contributed by atoms with E-state index in [0.29, 0.717) is 11.1 Å². The average Bonchev–Trinajstić information content (AvgIpc) is 2.58. The molecule has 0 atom stereocenters. The van der Waals surface area contributed by atoms with Gasteiger partial charge < -0.3 is 14.8 Å². The van der Waals surface area contributed by atoms with Crippen LogP contribution < -0.4 is 10.1 Å². The molecule has 0 saturated heterocycles. The molecule has 0 heterocycles. The SMILES string of the molecule is O=C(CNC(=O)c1cccc(Br)c1)OCc1ccccc1OC(F)F. The van der Waals surface area contributed by atoms with E-state index in [2.05, 4.69) is 26.0 Å². The minimum Gasteiger partial charge on any atom is -0.459 e. The highest BCUT2D eigenvalue weighted by atomic mass is 79.9. The maximum Gasteiger partial charge on any atom is 0.387 e. The third-order valence-electron chi connectivity index (χ3n) is 3.06. The Labute approximate surface area is 151 Å². The van der Waals surface area contributed by atoms with Gasteiger partial charge in [-0.25, -0.2) is 0 Å². The summed E-state index contributed by atoms with van der Waals surface area (Å²) in [5.74, 6) is -1.20. The Morgan fingerprint density at radius 2 is 1.88 bits per heavy atom. The lowest BCUT2D eigenvalue weighted by Gasteiger charge is -2.11. The molecule has 8 heteroatoms. The topological polar surface area (TPSA) is 64.6 Å². The zero-order chi connectivity index (χ0) is 18.2. The first-order valence-corrected chi connectivity index (χ1v) is 7.97. The van der Waals surface area contributed by atoms with Crippen LogP contribution in [0.15, 0.2) is 53.0 Å². The van der Waals surface area contributed by atoms with Crippen LogP contribution >= 0.6 is 15.9 Å². The summed E-state index contributed by atoms with van der Waals surface area (Å²) >= 11 is 3.25. The van der Waals surface area contributed by atoms with E-state index in [0.717, 1.165) is 4.47 Å². The van der Waals surface area contributed by atoms with Crippen molar-refractivity contribution in [3.63, 3.8) is 0 Å². The molecule has 2 aromatic rings. The largest absolute Gasteiger partial charge is 0.459 e. The van der Waals surface area contributed by atoms with Crippen LogP contribution in [0.1, 0.15) is 15.9 Å². The Balaban J connectivity index is 1.84. The van der Waals surface area contributed by atoms with E-state index in [9.17, 15) is 18.4 Å². The molecule has 0 unspecified atom stereocenters. The third-order valence-corrected chi connectivity index (χ3v) is 3.55. The second-order valence-electron chi connectivity index (χ2n) is 4.84. The number of hydrogen-bond donors (Lipinski definition) is 1. The molecule has 1 N–H and O–H groups in total. The van der Waals surface area contributed by atoms with Crippen LogP contribution in [0.2, 0.25) is 0 Å². The molecular formula is C17H14BrF2NO4. The van der Waals surface area contributed by atoms with Gasteiger partial charge in [0.15, 0.2) is 0 Å². The lowest BCUT2D eigenvalue weighted by molar-refractivity contribution is -0.143. The van der Waals surface area contributed by atoms with Gasteiger partial charge in [-0.2, -0.15) is 8.78 Å². The summed E-state index contributed by atoms with van der Waals surface area (Å²) in [7, 11) is 0. The van der Waals surface area contributed by atoms with Crippen molar-refractivity contribution in [1.82, 2.24) is 5.32 Å². The smallest absolute Gasteiger partial charge is 0.387 e. The fraction of sp³-hybridized carbons (Fsp3) is 0.176. The highest BCUT2D eigenvalue weighted by molar-refractivity contribution is 9.10. The molecule has 0 aromatic heterocycles. The molecule has 2 aromatic carbocycles. The molecule has 1 amide bonds. The number of esters is 1. The summed E-state index contributed by atoms with van der Waals surface area (Å²) in [4.78, 5) is 23.6. The van der Waals surface area contributed by atoms with Crippen LogP contribution in [0.3, 0.4) is 0 Å². The molecule has 5 nitrogen and oxygen atoms in total. The number of carbonyl (C=O) groups is 2. The van der Waals surface area contributed by atoms with Crippen molar-refractivity contribution in [2.24, 2.45) is 0 Å². The first-order chi connectivity index (χ1) is 12.0. The van der Waals surface area contributed by atoms with Crippen molar-refractivity contribution in [3.05, 3.63) is 64.1 Å². The van der Waals surface area contributed by atoms with E-state index in [1.165, 1.54) is 18.2 Å². The maximum atomic E-state index is 12.3. The van der Waals surface area contributed by atoms with Crippen molar-refractivity contribution in [2.45, 2.75) is 13.2 Å². The second-order valence-corrected chi connectivity index (χ2v) is 5.76. The first kappa shape index (κ1) is 18.9. The molecule has 0 aliphatic rings. The molecule has 0 radical (unpaired) electrons. The van der Waals surface area contributed by atoms with E-state index in [4.69, 9.17) is 4.74 Å². The van der Waals surface area contributed by atoms with E-state index in [1.54, 1.807) is 30.3 Å². The number of hydrogen-bond acceptors (Lipinski definition) is 4. The lowest BCUT2D eigenvalue weighted by atomic mass is 10.2. The molecular weight excluding hydrogens is 400 g/mol. The van der Waals surface area contributed by atoms with E-state index < -0.39 is 18.5 Å². The van der Waals surface area contributed by atoms with Crippen LogP contribution in [0.25, 0.3) is 0 Å². The summed E-state index contributed by atoms with van der Waals surface area (Å²) in [6.45, 7) is -3.56. The summed E-state index contributed by atoms with van der Waals surface area (Å²) in [6.07, 6.45) is 0. The number of carbonyl (C=O) groups excluding carboxylic acids is 2. The zero-order valence-corrected chi connectivity index (χ0v) is 14.5. The molecule has 0 aliphatic heterocycles. The Hall–Kier alpha value is -2.48. The first-order valence-electron chi connectivity index (χ1n) is 7.18. The Kier molecular flexibility index (Phi) is 6.88. The van der Waals surface area contributed by atoms with E-state index in [1.807, 2.05) is 0 Å². The van der Waals surface area contributed by atoms with Crippen LogP contribution in [0, 0.1) is 0 Å². The van der Waals surface area contributed by atoms with Gasteiger partial charge >= 0.3 is 12.6 Å². The van der Waals surface area contributed by atoms with E-state index in [-0.39, 0.29) is 18.9 Å². The molecule has 0 aliphatic carbocycles. The van der Waals surface area contributed by atoms with Crippen LogP contribution in [0.5, 0.6) is 5.75 Å². The number of alkyl halides is 2. The van der Waals surface area contributed by atoms with Crippen LogP contribution in [0.4, 0.5) is 8.78 Å². The number of rotatable bonds is 7. The number of amides is 1. The summed E-state index contributed by atoms with van der Waals surface area (Å²) in [5.41, 5.74) is 0.687. The minimum absolute atomic E-state index is 0.0662. The predicted molar refractivity (Wildman–Crippen MR) is 89.3 cm³/mol. The highest BCUT2D eigenvalue weighted by Crippen LogP contribution is 2.21. The van der Waals surface area contributed by atoms with Crippen LogP contribution in [-0.4, -0.2) is 25.0 Å². The Bertz CT molecular complexity index is 755. The number of nitrogens with one attached hydrogen (secondary N) is 1. The highest BCUT2D eigenvalue weighted by Gasteiger charge is 2.12. The molecule has 25 heavy (non-hydrogen) atoms. The van der Waals surface area contributed by atoms with Crippen molar-refractivity contribution < 1.29 is 27.8 Å². The van der Waals surface area contributed by atoms with Crippen molar-refractivity contribution in [2.75, 3.05) is 6.54 Å². The Morgan fingerprint density at radius 1 is 1.12 bits per heavy atom. The van der Waals surface area contributed by atoms with Gasteiger partial charge in [0.2, 0.25) is 0 Å². The molecule has 2 rings (SSSR count). The van der Waals surface area contributed by atoms with Gasteiger partial charge in [-0.3, -0.25) is 9.59 Å². The molecule has 132 valence electrons. The van der Waals surface area contributed by atoms with Crippen LogP contribution in [-0.2, 0) is 16.1 Å². The minimum atomic E-state index is -2.97. The average molecular weight is 414 g/mol. The van der Waals surface area contributed by atoms with Crippen molar-refractivity contribution in [1.29, 1.82) is 0 Å². The molecule has 0 saturated carbocycles. The van der Waals surface area contributed by atoms with Gasteiger partial charge in [0.1, 0.15) is 18.9 Å². The quantitative estimate of drug-likeness (QED) is 0.705. The van der Waals surface area contributed by atoms with Gasteiger partial charge in [-0.05, 0) is 24.3 Å². The van der Waals surface area contributed by atoms with Gasteiger partial charge in [0, 0.05) is 15.6 Å². The Morgan fingerprint density at radius 3 is 2.60 bits per heavy atom. The number of halogens is 3. The van der Waals surface area contributed by atoms with Crippen molar-refractivity contribution in [3.8, 4) is 5.75 Å². The summed E-state index contributed by atoms with van der Waals surface area (Å²) in [6, 6.07) is 12.7. The zero-order valence-electron chi connectivity index (χ0n) is 12.9. The molecule has 0 fully saturated rings. The monoisotopic (exact) mass is 413 g/mol. The maximum absolute atomic E-state index is 12.3. The summed E-state index contributed by atoms with van der Waals surface area (Å²) in [5, 5.41) is 2.42. The number of ether oxygens (including phenoxy) is 2. The normalized spacial score (nSPS) is 10.4. The van der Waals surface area contributed by atoms with Gasteiger partial charge in [0.25, 0.3) is 5.91 Å². The van der Waals surface area contributed by atoms with Gasteiger partial charge in [-0.1, -0.05) is 40.2 Å². The fourth-order valence-corrected chi connectivity index (χ4v) is 2.33. The summed E-state index contributed by atoms with van der Waals surface area (Å²) < 4.78 is 34.7. The predicted octanol–water partition coefficient (Wildman–Crippen LogP) is 3.52. The number of para-hydroxylation sites is 1. The number of benzene rings is 2. The lowest BCUT2D eigenvalue weighted by Crippen LogP contribution is -2.30. The van der Waals surface area contributed by atoms with Gasteiger partial charge in [0.05, 0.1) is 0 Å². The molecule has 0 bridgehead atoms. The molecule has 0 spiro atoms. The standard InChI is InChI=1S/C17H14BrF2NO4/c18-13-6-3-5-11(8-13)16(23)21-9-15(22)24-10-12-4-1-2-7-14(12)25-17(19)20/h1-8,17H,9-10H2,(H,21,23).